The highest BCUT2D eigenvalue weighted by molar-refractivity contribution is 5.99. The highest BCUT2D eigenvalue weighted by Gasteiger charge is 2.23. The molecule has 0 aliphatic heterocycles. The third kappa shape index (κ3) is 5.38. The number of carbonyl (C=O) groups excluding carboxylic acids is 1. The Bertz CT molecular complexity index is 478. The van der Waals surface area contributed by atoms with Crippen LogP contribution in [0.15, 0.2) is 18.2 Å². The number of hydrogen-bond acceptors (Lipinski definition) is 3. The number of carbonyl (C=O) groups is 1. The van der Waals surface area contributed by atoms with E-state index in [-0.39, 0.29) is 5.91 Å². The van der Waals surface area contributed by atoms with E-state index >= 15 is 0 Å². The molecule has 1 aromatic carbocycles. The van der Waals surface area contributed by atoms with Crippen LogP contribution in [0.25, 0.3) is 0 Å². The van der Waals surface area contributed by atoms with E-state index in [0.717, 1.165) is 24.2 Å². The Labute approximate surface area is 128 Å². The fourth-order valence-electron chi connectivity index (χ4n) is 2.21. The highest BCUT2D eigenvalue weighted by atomic mass is 16.3. The summed E-state index contributed by atoms with van der Waals surface area (Å²) in [6.07, 6.45) is 1.00. The number of amides is 1. The van der Waals surface area contributed by atoms with Gasteiger partial charge in [-0.05, 0) is 46.2 Å². The van der Waals surface area contributed by atoms with Gasteiger partial charge in [-0.2, -0.15) is 0 Å². The van der Waals surface area contributed by atoms with Crippen molar-refractivity contribution >= 4 is 11.6 Å². The Hall–Kier alpha value is -1.55. The van der Waals surface area contributed by atoms with Crippen LogP contribution in [0.4, 0.5) is 5.69 Å². The minimum atomic E-state index is -0.896. The molecule has 0 saturated heterocycles. The normalized spacial score (nSPS) is 11.3. The predicted molar refractivity (Wildman–Crippen MR) is 87.8 cm³/mol. The van der Waals surface area contributed by atoms with E-state index < -0.39 is 5.60 Å². The molecule has 21 heavy (non-hydrogen) atoms. The van der Waals surface area contributed by atoms with Crippen molar-refractivity contribution in [2.75, 3.05) is 25.0 Å². The number of rotatable bonds is 7. The SMILES string of the molecule is CCCNc1ccc(C)cc1C(=O)N(CC)CC(C)(C)O. The summed E-state index contributed by atoms with van der Waals surface area (Å²) in [6, 6.07) is 5.87. The molecule has 0 bridgehead atoms. The van der Waals surface area contributed by atoms with Crippen LogP contribution in [0, 0.1) is 6.92 Å². The molecule has 0 atom stereocenters. The quantitative estimate of drug-likeness (QED) is 0.812. The zero-order valence-electron chi connectivity index (χ0n) is 13.9. The van der Waals surface area contributed by atoms with E-state index in [1.165, 1.54) is 0 Å². The molecule has 0 aliphatic carbocycles. The van der Waals surface area contributed by atoms with Crippen molar-refractivity contribution in [3.63, 3.8) is 0 Å². The van der Waals surface area contributed by atoms with Gasteiger partial charge in [0.1, 0.15) is 0 Å². The van der Waals surface area contributed by atoms with Crippen LogP contribution in [-0.2, 0) is 0 Å². The van der Waals surface area contributed by atoms with Crippen molar-refractivity contribution in [3.8, 4) is 0 Å². The molecule has 1 aromatic rings. The molecule has 0 saturated carbocycles. The van der Waals surface area contributed by atoms with Gasteiger partial charge in [0.05, 0.1) is 11.2 Å². The van der Waals surface area contributed by atoms with Gasteiger partial charge in [-0.3, -0.25) is 4.79 Å². The van der Waals surface area contributed by atoms with Crippen molar-refractivity contribution in [1.82, 2.24) is 4.90 Å². The smallest absolute Gasteiger partial charge is 0.256 e. The highest BCUT2D eigenvalue weighted by Crippen LogP contribution is 2.20. The van der Waals surface area contributed by atoms with Crippen molar-refractivity contribution in [2.24, 2.45) is 0 Å². The Morgan fingerprint density at radius 1 is 1.33 bits per heavy atom. The van der Waals surface area contributed by atoms with Gasteiger partial charge in [0.15, 0.2) is 0 Å². The molecule has 0 unspecified atom stereocenters. The Morgan fingerprint density at radius 2 is 2.00 bits per heavy atom. The molecular weight excluding hydrogens is 264 g/mol. The lowest BCUT2D eigenvalue weighted by Gasteiger charge is -2.29. The molecule has 0 radical (unpaired) electrons. The van der Waals surface area contributed by atoms with Crippen LogP contribution in [-0.4, -0.2) is 41.1 Å². The minimum Gasteiger partial charge on any atom is -0.389 e. The van der Waals surface area contributed by atoms with Gasteiger partial charge in [0, 0.05) is 25.3 Å². The average molecular weight is 292 g/mol. The predicted octanol–water partition coefficient (Wildman–Crippen LogP) is 3.05. The molecule has 2 N–H and O–H groups in total. The van der Waals surface area contributed by atoms with E-state index in [1.807, 2.05) is 32.0 Å². The first-order chi connectivity index (χ1) is 9.78. The molecule has 4 heteroatoms. The van der Waals surface area contributed by atoms with E-state index in [1.54, 1.807) is 18.7 Å². The first-order valence-electron chi connectivity index (χ1n) is 7.64. The van der Waals surface area contributed by atoms with Crippen molar-refractivity contribution in [2.45, 2.75) is 46.6 Å². The van der Waals surface area contributed by atoms with E-state index in [4.69, 9.17) is 0 Å². The van der Waals surface area contributed by atoms with Gasteiger partial charge >= 0.3 is 0 Å². The lowest BCUT2D eigenvalue weighted by molar-refractivity contribution is 0.0315. The number of anilines is 1. The molecule has 1 amide bonds. The largest absolute Gasteiger partial charge is 0.389 e. The van der Waals surface area contributed by atoms with Crippen molar-refractivity contribution < 1.29 is 9.90 Å². The van der Waals surface area contributed by atoms with Crippen molar-refractivity contribution in [3.05, 3.63) is 29.3 Å². The van der Waals surface area contributed by atoms with Crippen LogP contribution in [0.2, 0.25) is 0 Å². The number of hydrogen-bond donors (Lipinski definition) is 2. The molecule has 118 valence electrons. The summed E-state index contributed by atoms with van der Waals surface area (Å²) in [5.74, 6) is -0.0399. The number of aliphatic hydroxyl groups is 1. The second-order valence-electron chi connectivity index (χ2n) is 6.11. The standard InChI is InChI=1S/C17H28N2O2/c1-6-10-18-15-9-8-13(3)11-14(15)16(20)19(7-2)12-17(4,5)21/h8-9,11,18,21H,6-7,10,12H2,1-5H3. The Kier molecular flexibility index (Phi) is 6.21. The minimum absolute atomic E-state index is 0.0399. The number of aryl methyl sites for hydroxylation is 1. The summed E-state index contributed by atoms with van der Waals surface area (Å²) >= 11 is 0. The molecule has 0 heterocycles. The van der Waals surface area contributed by atoms with Gasteiger partial charge in [0.25, 0.3) is 5.91 Å². The second kappa shape index (κ2) is 7.46. The fraction of sp³-hybridized carbons (Fsp3) is 0.588. The molecule has 0 aliphatic rings. The summed E-state index contributed by atoms with van der Waals surface area (Å²) in [5, 5.41) is 13.3. The van der Waals surface area contributed by atoms with Crippen LogP contribution >= 0.6 is 0 Å². The van der Waals surface area contributed by atoms with Crippen molar-refractivity contribution in [1.29, 1.82) is 0 Å². The molecule has 0 spiro atoms. The third-order valence-electron chi connectivity index (χ3n) is 3.22. The van der Waals surface area contributed by atoms with Crippen LogP contribution in [0.5, 0.6) is 0 Å². The van der Waals surface area contributed by atoms with Gasteiger partial charge in [-0.15, -0.1) is 0 Å². The molecule has 1 rings (SSSR count). The van der Waals surface area contributed by atoms with Gasteiger partial charge < -0.3 is 15.3 Å². The number of likely N-dealkylation sites (N-methyl/N-ethyl adjacent to an activating group) is 1. The third-order valence-corrected chi connectivity index (χ3v) is 3.22. The van der Waals surface area contributed by atoms with Gasteiger partial charge in [-0.1, -0.05) is 18.6 Å². The first-order valence-corrected chi connectivity index (χ1v) is 7.64. The van der Waals surface area contributed by atoms with Crippen LogP contribution < -0.4 is 5.32 Å². The van der Waals surface area contributed by atoms with Crippen LogP contribution in [0.3, 0.4) is 0 Å². The maximum absolute atomic E-state index is 12.8. The van der Waals surface area contributed by atoms with E-state index in [0.29, 0.717) is 18.7 Å². The summed E-state index contributed by atoms with van der Waals surface area (Å²) in [5.41, 5.74) is 1.70. The molecule has 0 fully saturated rings. The summed E-state index contributed by atoms with van der Waals surface area (Å²) < 4.78 is 0. The van der Waals surface area contributed by atoms with E-state index in [9.17, 15) is 9.90 Å². The summed E-state index contributed by atoms with van der Waals surface area (Å²) in [4.78, 5) is 14.5. The summed E-state index contributed by atoms with van der Waals surface area (Å²) in [7, 11) is 0. The molecular formula is C17H28N2O2. The lowest BCUT2D eigenvalue weighted by atomic mass is 10.1. The number of nitrogens with one attached hydrogen (secondary N) is 1. The zero-order valence-corrected chi connectivity index (χ0v) is 13.9. The molecule has 4 nitrogen and oxygen atoms in total. The zero-order chi connectivity index (χ0) is 16.0. The summed E-state index contributed by atoms with van der Waals surface area (Å²) in [6.45, 7) is 11.2. The monoisotopic (exact) mass is 292 g/mol. The Morgan fingerprint density at radius 3 is 2.52 bits per heavy atom. The lowest BCUT2D eigenvalue weighted by Crippen LogP contribution is -2.42. The second-order valence-corrected chi connectivity index (χ2v) is 6.11. The number of benzene rings is 1. The van der Waals surface area contributed by atoms with Crippen LogP contribution in [0.1, 0.15) is 50.0 Å². The fourth-order valence-corrected chi connectivity index (χ4v) is 2.21. The van der Waals surface area contributed by atoms with Gasteiger partial charge in [-0.25, -0.2) is 0 Å². The first kappa shape index (κ1) is 17.5. The topological polar surface area (TPSA) is 52.6 Å². The van der Waals surface area contributed by atoms with E-state index in [2.05, 4.69) is 12.2 Å². The van der Waals surface area contributed by atoms with Gasteiger partial charge in [0.2, 0.25) is 0 Å². The Balaban J connectivity index is 3.05. The maximum atomic E-state index is 12.8. The number of nitrogens with zero attached hydrogens (tertiary/aromatic N) is 1. The maximum Gasteiger partial charge on any atom is 0.256 e. The average Bonchev–Trinajstić information content (AvgIpc) is 2.41. The molecule has 0 aromatic heterocycles.